The largest absolute Gasteiger partial charge is 0.325 e. The maximum Gasteiger partial charge on any atom is 0.143 e. The first kappa shape index (κ1) is 11.6. The highest BCUT2D eigenvalue weighted by Crippen LogP contribution is 2.18. The maximum absolute atomic E-state index is 13.3. The fraction of sp³-hybridized carbons (Fsp3) is 0.364. The number of nitriles is 1. The Morgan fingerprint density at radius 3 is 2.40 bits per heavy atom. The van der Waals surface area contributed by atoms with E-state index < -0.39 is 17.2 Å². The van der Waals surface area contributed by atoms with Crippen molar-refractivity contribution in [1.29, 1.82) is 5.26 Å². The van der Waals surface area contributed by atoms with Crippen molar-refractivity contribution in [2.45, 2.75) is 25.8 Å². The minimum absolute atomic E-state index is 0.157. The summed E-state index contributed by atoms with van der Waals surface area (Å²) in [6, 6.07) is 3.60. The van der Waals surface area contributed by atoms with Crippen molar-refractivity contribution in [2.75, 3.05) is 0 Å². The Morgan fingerprint density at radius 2 is 1.93 bits per heavy atom. The second kappa shape index (κ2) is 3.95. The molecule has 80 valence electrons. The van der Waals surface area contributed by atoms with Crippen LogP contribution in [0, 0.1) is 23.0 Å². The van der Waals surface area contributed by atoms with Crippen LogP contribution >= 0.6 is 0 Å². The van der Waals surface area contributed by atoms with Crippen LogP contribution in [-0.4, -0.2) is 5.54 Å². The van der Waals surface area contributed by atoms with Crippen molar-refractivity contribution in [3.8, 4) is 6.07 Å². The summed E-state index contributed by atoms with van der Waals surface area (Å²) < 4.78 is 26.3. The lowest BCUT2D eigenvalue weighted by molar-refractivity contribution is 0.492. The first-order chi connectivity index (χ1) is 6.83. The summed E-state index contributed by atoms with van der Waals surface area (Å²) in [6.07, 6.45) is 0.258. The van der Waals surface area contributed by atoms with Gasteiger partial charge in [0.1, 0.15) is 17.7 Å². The lowest BCUT2D eigenvalue weighted by atomic mass is 9.95. The summed E-state index contributed by atoms with van der Waals surface area (Å²) in [6.45, 7) is 3.48. The normalized spacial score (nSPS) is 11.2. The molecule has 0 radical (unpaired) electrons. The number of hydrogen-bond donors (Lipinski definition) is 1. The van der Waals surface area contributed by atoms with E-state index in [1.54, 1.807) is 19.9 Å². The first-order valence-corrected chi connectivity index (χ1v) is 4.50. The van der Waals surface area contributed by atoms with Gasteiger partial charge in [0.15, 0.2) is 0 Å². The van der Waals surface area contributed by atoms with Gasteiger partial charge in [-0.25, -0.2) is 8.78 Å². The van der Waals surface area contributed by atoms with Gasteiger partial charge in [0.05, 0.1) is 5.56 Å². The summed E-state index contributed by atoms with van der Waals surface area (Å²) in [5, 5.41) is 8.59. The van der Waals surface area contributed by atoms with Crippen molar-refractivity contribution < 1.29 is 8.78 Å². The molecule has 0 heterocycles. The Labute approximate surface area is 87.3 Å². The summed E-state index contributed by atoms with van der Waals surface area (Å²) in [4.78, 5) is 0. The minimum atomic E-state index is -0.839. The van der Waals surface area contributed by atoms with Crippen LogP contribution in [0.25, 0.3) is 0 Å². The number of hydrogen-bond acceptors (Lipinski definition) is 2. The molecule has 2 N–H and O–H groups in total. The molecule has 0 saturated carbocycles. The zero-order valence-electron chi connectivity index (χ0n) is 8.64. The van der Waals surface area contributed by atoms with Gasteiger partial charge in [0, 0.05) is 11.6 Å². The molecule has 0 aliphatic rings. The number of nitrogens with two attached hydrogens (primary N) is 1. The van der Waals surface area contributed by atoms with E-state index in [0.717, 1.165) is 6.07 Å². The summed E-state index contributed by atoms with van der Waals surface area (Å²) in [5.74, 6) is -1.50. The molecular weight excluding hydrogens is 198 g/mol. The van der Waals surface area contributed by atoms with Crippen LogP contribution in [0.3, 0.4) is 0 Å². The predicted molar refractivity (Wildman–Crippen MR) is 53.0 cm³/mol. The second-order valence-electron chi connectivity index (χ2n) is 4.20. The van der Waals surface area contributed by atoms with Gasteiger partial charge in [-0.3, -0.25) is 0 Å². The fourth-order valence-electron chi connectivity index (χ4n) is 1.31. The van der Waals surface area contributed by atoms with E-state index in [1.807, 2.05) is 0 Å². The molecule has 1 aromatic rings. The van der Waals surface area contributed by atoms with Crippen molar-refractivity contribution >= 4 is 0 Å². The summed E-state index contributed by atoms with van der Waals surface area (Å²) >= 11 is 0. The van der Waals surface area contributed by atoms with Crippen molar-refractivity contribution in [3.63, 3.8) is 0 Å². The molecule has 0 aromatic heterocycles. The van der Waals surface area contributed by atoms with E-state index in [9.17, 15) is 8.78 Å². The van der Waals surface area contributed by atoms with Crippen molar-refractivity contribution in [2.24, 2.45) is 5.73 Å². The van der Waals surface area contributed by atoms with Crippen LogP contribution in [0.1, 0.15) is 25.0 Å². The fourth-order valence-corrected chi connectivity index (χ4v) is 1.31. The molecule has 0 atom stereocenters. The summed E-state index contributed by atoms with van der Waals surface area (Å²) in [7, 11) is 0. The third-order valence-corrected chi connectivity index (χ3v) is 1.90. The highest BCUT2D eigenvalue weighted by atomic mass is 19.1. The van der Waals surface area contributed by atoms with Gasteiger partial charge < -0.3 is 5.73 Å². The van der Waals surface area contributed by atoms with E-state index >= 15 is 0 Å². The zero-order valence-corrected chi connectivity index (χ0v) is 8.64. The standard InChI is InChI=1S/C11H12F2N2/c1-11(2,15)5-7-3-8(6-14)10(13)4-9(7)12/h3-4H,5,15H2,1-2H3. The Morgan fingerprint density at radius 1 is 1.33 bits per heavy atom. The Bertz CT molecular complexity index is 414. The number of halogens is 2. The first-order valence-electron chi connectivity index (χ1n) is 4.50. The van der Waals surface area contributed by atoms with Gasteiger partial charge in [-0.2, -0.15) is 5.26 Å². The maximum atomic E-state index is 13.3. The molecule has 1 rings (SSSR count). The smallest absolute Gasteiger partial charge is 0.143 e. The van der Waals surface area contributed by atoms with Gasteiger partial charge in [0.2, 0.25) is 0 Å². The van der Waals surface area contributed by atoms with Crippen LogP contribution in [0.4, 0.5) is 8.78 Å². The quantitative estimate of drug-likeness (QED) is 0.812. The summed E-state index contributed by atoms with van der Waals surface area (Å²) in [5.41, 5.74) is 5.24. The Hall–Kier alpha value is -1.47. The van der Waals surface area contributed by atoms with Gasteiger partial charge in [-0.05, 0) is 31.9 Å². The molecule has 0 aliphatic heterocycles. The molecule has 0 bridgehead atoms. The van der Waals surface area contributed by atoms with Crippen LogP contribution in [0.5, 0.6) is 0 Å². The van der Waals surface area contributed by atoms with Crippen LogP contribution in [0.2, 0.25) is 0 Å². The lowest BCUT2D eigenvalue weighted by Gasteiger charge is -2.18. The van der Waals surface area contributed by atoms with E-state index in [4.69, 9.17) is 11.0 Å². The molecule has 0 fully saturated rings. The van der Waals surface area contributed by atoms with Crippen molar-refractivity contribution in [3.05, 3.63) is 34.9 Å². The third kappa shape index (κ3) is 3.00. The molecule has 0 saturated heterocycles. The number of rotatable bonds is 2. The molecule has 0 amide bonds. The van der Waals surface area contributed by atoms with Crippen LogP contribution in [-0.2, 0) is 6.42 Å². The van der Waals surface area contributed by atoms with E-state index in [2.05, 4.69) is 0 Å². The van der Waals surface area contributed by atoms with Crippen LogP contribution in [0.15, 0.2) is 12.1 Å². The molecule has 0 spiro atoms. The zero-order chi connectivity index (χ0) is 11.6. The molecule has 1 aromatic carbocycles. The van der Waals surface area contributed by atoms with E-state index in [1.165, 1.54) is 6.07 Å². The minimum Gasteiger partial charge on any atom is -0.325 e. The van der Waals surface area contributed by atoms with E-state index in [0.29, 0.717) is 0 Å². The number of nitrogens with zero attached hydrogens (tertiary/aromatic N) is 1. The lowest BCUT2D eigenvalue weighted by Crippen LogP contribution is -2.34. The van der Waals surface area contributed by atoms with E-state index in [-0.39, 0.29) is 17.5 Å². The van der Waals surface area contributed by atoms with Gasteiger partial charge >= 0.3 is 0 Å². The van der Waals surface area contributed by atoms with Gasteiger partial charge in [-0.15, -0.1) is 0 Å². The van der Waals surface area contributed by atoms with Gasteiger partial charge in [-0.1, -0.05) is 0 Å². The van der Waals surface area contributed by atoms with Gasteiger partial charge in [0.25, 0.3) is 0 Å². The third-order valence-electron chi connectivity index (χ3n) is 1.90. The molecule has 15 heavy (non-hydrogen) atoms. The molecule has 0 unspecified atom stereocenters. The Balaban J connectivity index is 3.15. The average Bonchev–Trinajstić information content (AvgIpc) is 2.07. The SMILES string of the molecule is CC(C)(N)Cc1cc(C#N)c(F)cc1F. The molecule has 4 heteroatoms. The monoisotopic (exact) mass is 210 g/mol. The highest BCUT2D eigenvalue weighted by Gasteiger charge is 2.17. The highest BCUT2D eigenvalue weighted by molar-refractivity contribution is 5.36. The average molecular weight is 210 g/mol. The van der Waals surface area contributed by atoms with Crippen molar-refractivity contribution in [1.82, 2.24) is 0 Å². The second-order valence-corrected chi connectivity index (χ2v) is 4.20. The predicted octanol–water partition coefficient (Wildman–Crippen LogP) is 2.12. The Kier molecular flexibility index (Phi) is 3.06. The topological polar surface area (TPSA) is 49.8 Å². The molecule has 2 nitrogen and oxygen atoms in total. The molecular formula is C11H12F2N2. The van der Waals surface area contributed by atoms with Crippen LogP contribution < -0.4 is 5.73 Å². The number of benzene rings is 1. The molecule has 0 aliphatic carbocycles.